The van der Waals surface area contributed by atoms with Gasteiger partial charge >= 0.3 is 5.97 Å². The first-order valence-electron chi connectivity index (χ1n) is 8.59. The zero-order valence-corrected chi connectivity index (χ0v) is 15.9. The molecular weight excluding hydrogens is 370 g/mol. The smallest absolute Gasteiger partial charge is 0.337 e. The molecule has 0 radical (unpaired) electrons. The number of nitrogens with zero attached hydrogens (tertiary/aromatic N) is 2. The Morgan fingerprint density at radius 2 is 1.92 bits per heavy atom. The lowest BCUT2D eigenvalue weighted by Crippen LogP contribution is -2.02. The minimum Gasteiger partial charge on any atom is -0.465 e. The molecule has 2 heterocycles. The Kier molecular flexibility index (Phi) is 4.78. The number of nitrogens with one attached hydrogen (secondary N) is 1. The highest BCUT2D eigenvalue weighted by Gasteiger charge is 2.20. The van der Waals surface area contributed by atoms with Gasteiger partial charge in [0.15, 0.2) is 0 Å². The molecule has 134 valence electrons. The van der Waals surface area contributed by atoms with Crippen LogP contribution in [0.5, 0.6) is 0 Å². The maximum Gasteiger partial charge on any atom is 0.337 e. The van der Waals surface area contributed by atoms with E-state index in [1.54, 1.807) is 23.5 Å². The van der Waals surface area contributed by atoms with Crippen molar-refractivity contribution in [1.82, 2.24) is 9.97 Å². The van der Waals surface area contributed by atoms with Gasteiger partial charge in [0.25, 0.3) is 0 Å². The first-order chi connectivity index (χ1) is 12.7. The average Bonchev–Trinajstić information content (AvgIpc) is 2.82. The highest BCUT2D eigenvalue weighted by molar-refractivity contribution is 7.19. The van der Waals surface area contributed by atoms with Crippen LogP contribution in [0.2, 0.25) is 5.28 Å². The van der Waals surface area contributed by atoms with Gasteiger partial charge in [0, 0.05) is 10.6 Å². The summed E-state index contributed by atoms with van der Waals surface area (Å²) in [5, 5.41) is 4.66. The van der Waals surface area contributed by atoms with Crippen molar-refractivity contribution in [3.63, 3.8) is 0 Å². The number of fused-ring (bicyclic) bond motifs is 3. The fraction of sp³-hybridized carbons (Fsp3) is 0.316. The molecule has 26 heavy (non-hydrogen) atoms. The molecule has 7 heteroatoms. The fourth-order valence-electron chi connectivity index (χ4n) is 3.34. The molecular formula is C19H18ClN3O2S. The maximum atomic E-state index is 11.6. The van der Waals surface area contributed by atoms with Crippen molar-refractivity contribution < 1.29 is 9.53 Å². The summed E-state index contributed by atoms with van der Waals surface area (Å²) in [4.78, 5) is 22.8. The summed E-state index contributed by atoms with van der Waals surface area (Å²) in [6.45, 7) is 0. The topological polar surface area (TPSA) is 64.1 Å². The third-order valence-corrected chi connectivity index (χ3v) is 5.96. The number of aryl methyl sites for hydroxylation is 2. The molecule has 0 bridgehead atoms. The second kappa shape index (κ2) is 7.21. The molecule has 0 aliphatic heterocycles. The summed E-state index contributed by atoms with van der Waals surface area (Å²) in [6.07, 6.45) is 5.82. The normalized spacial score (nSPS) is 13.9. The van der Waals surface area contributed by atoms with Gasteiger partial charge in [-0.1, -0.05) is 6.42 Å². The van der Waals surface area contributed by atoms with Crippen LogP contribution in [0.1, 0.15) is 40.1 Å². The Labute approximate surface area is 160 Å². The number of thiophene rings is 1. The summed E-state index contributed by atoms with van der Waals surface area (Å²) in [5.41, 5.74) is 2.70. The molecule has 1 aliphatic rings. The molecule has 3 aromatic rings. The largest absolute Gasteiger partial charge is 0.465 e. The van der Waals surface area contributed by atoms with Gasteiger partial charge in [0.1, 0.15) is 10.6 Å². The number of aromatic nitrogens is 2. The SMILES string of the molecule is COC(=O)c1ccc(Nc2nc(Cl)nc3sc4c(c23)CCCCC4)cc1. The number of hydrogen-bond acceptors (Lipinski definition) is 6. The van der Waals surface area contributed by atoms with E-state index >= 15 is 0 Å². The quantitative estimate of drug-likeness (QED) is 0.382. The zero-order chi connectivity index (χ0) is 18.1. The van der Waals surface area contributed by atoms with Gasteiger partial charge in [-0.3, -0.25) is 0 Å². The second-order valence-corrected chi connectivity index (χ2v) is 7.70. The van der Waals surface area contributed by atoms with Crippen molar-refractivity contribution in [1.29, 1.82) is 0 Å². The summed E-state index contributed by atoms with van der Waals surface area (Å²) >= 11 is 7.88. The van der Waals surface area contributed by atoms with Crippen LogP contribution < -0.4 is 5.32 Å². The summed E-state index contributed by atoms with van der Waals surface area (Å²) in [5.74, 6) is 0.373. The van der Waals surface area contributed by atoms with Crippen molar-refractivity contribution in [3.8, 4) is 0 Å². The number of carbonyl (C=O) groups excluding carboxylic acids is 1. The molecule has 2 aromatic heterocycles. The van der Waals surface area contributed by atoms with Crippen LogP contribution in [-0.2, 0) is 17.6 Å². The summed E-state index contributed by atoms with van der Waals surface area (Å²) in [6, 6.07) is 7.11. The van der Waals surface area contributed by atoms with Gasteiger partial charge in [-0.15, -0.1) is 11.3 Å². The zero-order valence-electron chi connectivity index (χ0n) is 14.3. The number of halogens is 1. The van der Waals surface area contributed by atoms with Gasteiger partial charge in [0.05, 0.1) is 18.1 Å². The molecule has 1 aliphatic carbocycles. The highest BCUT2D eigenvalue weighted by atomic mass is 35.5. The van der Waals surface area contributed by atoms with Gasteiger partial charge in [0.2, 0.25) is 5.28 Å². The Balaban J connectivity index is 1.73. The van der Waals surface area contributed by atoms with Gasteiger partial charge < -0.3 is 10.1 Å². The third-order valence-electron chi connectivity index (χ3n) is 4.61. The van der Waals surface area contributed by atoms with E-state index in [2.05, 4.69) is 15.3 Å². The molecule has 0 saturated carbocycles. The Morgan fingerprint density at radius 3 is 2.69 bits per heavy atom. The third kappa shape index (κ3) is 3.27. The lowest BCUT2D eigenvalue weighted by Gasteiger charge is -2.09. The van der Waals surface area contributed by atoms with Crippen molar-refractivity contribution in [2.24, 2.45) is 0 Å². The molecule has 1 aromatic carbocycles. The molecule has 0 saturated heterocycles. The molecule has 4 rings (SSSR count). The van der Waals surface area contributed by atoms with E-state index in [9.17, 15) is 4.79 Å². The van der Waals surface area contributed by atoms with E-state index in [1.165, 1.54) is 36.8 Å². The van der Waals surface area contributed by atoms with Crippen LogP contribution in [0, 0.1) is 0 Å². The molecule has 1 N–H and O–H groups in total. The number of ether oxygens (including phenoxy) is 1. The second-order valence-electron chi connectivity index (χ2n) is 6.28. The Bertz CT molecular complexity index is 969. The van der Waals surface area contributed by atoms with Crippen molar-refractivity contribution >= 4 is 50.6 Å². The van der Waals surface area contributed by atoms with E-state index in [4.69, 9.17) is 16.3 Å². The molecule has 5 nitrogen and oxygen atoms in total. The lowest BCUT2D eigenvalue weighted by atomic mass is 10.1. The number of carbonyl (C=O) groups is 1. The predicted octanol–water partition coefficient (Wildman–Crippen LogP) is 5.14. The van der Waals surface area contributed by atoms with Crippen LogP contribution in [0.4, 0.5) is 11.5 Å². The van der Waals surface area contributed by atoms with E-state index in [0.717, 1.165) is 34.6 Å². The first-order valence-corrected chi connectivity index (χ1v) is 9.78. The van der Waals surface area contributed by atoms with E-state index in [-0.39, 0.29) is 11.3 Å². The summed E-state index contributed by atoms with van der Waals surface area (Å²) < 4.78 is 4.74. The molecule has 0 atom stereocenters. The van der Waals surface area contributed by atoms with Crippen molar-refractivity contribution in [2.75, 3.05) is 12.4 Å². The standard InChI is InChI=1S/C19H18ClN3O2S/c1-25-18(24)11-7-9-12(10-8-11)21-16-15-13-5-3-2-4-6-14(13)26-17(15)23-19(20)22-16/h7-10H,2-6H2,1H3,(H,21,22,23). The summed E-state index contributed by atoms with van der Waals surface area (Å²) in [7, 11) is 1.37. The average molecular weight is 388 g/mol. The molecule has 0 fully saturated rings. The Hall–Kier alpha value is -2.18. The van der Waals surface area contributed by atoms with E-state index in [1.807, 2.05) is 12.1 Å². The van der Waals surface area contributed by atoms with Crippen LogP contribution in [-0.4, -0.2) is 23.0 Å². The Morgan fingerprint density at radius 1 is 1.15 bits per heavy atom. The van der Waals surface area contributed by atoms with Crippen molar-refractivity contribution in [3.05, 3.63) is 45.6 Å². The monoisotopic (exact) mass is 387 g/mol. The number of rotatable bonds is 3. The van der Waals surface area contributed by atoms with Gasteiger partial charge in [-0.2, -0.15) is 4.98 Å². The molecule has 0 spiro atoms. The lowest BCUT2D eigenvalue weighted by molar-refractivity contribution is 0.0601. The minimum absolute atomic E-state index is 0.239. The number of benzene rings is 1. The number of hydrogen-bond donors (Lipinski definition) is 1. The van der Waals surface area contributed by atoms with Gasteiger partial charge in [-0.05, 0) is 67.1 Å². The predicted molar refractivity (Wildman–Crippen MR) is 105 cm³/mol. The van der Waals surface area contributed by atoms with E-state index in [0.29, 0.717) is 5.56 Å². The fourth-order valence-corrected chi connectivity index (χ4v) is 4.82. The number of methoxy groups -OCH3 is 1. The van der Waals surface area contributed by atoms with E-state index < -0.39 is 0 Å². The van der Waals surface area contributed by atoms with Crippen LogP contribution >= 0.6 is 22.9 Å². The first kappa shape index (κ1) is 17.2. The number of anilines is 2. The highest BCUT2D eigenvalue weighted by Crippen LogP contribution is 2.39. The van der Waals surface area contributed by atoms with Crippen LogP contribution in [0.25, 0.3) is 10.2 Å². The van der Waals surface area contributed by atoms with Gasteiger partial charge in [-0.25, -0.2) is 9.78 Å². The van der Waals surface area contributed by atoms with Crippen LogP contribution in [0.15, 0.2) is 24.3 Å². The molecule has 0 unspecified atom stereocenters. The van der Waals surface area contributed by atoms with Crippen LogP contribution in [0.3, 0.4) is 0 Å². The molecule has 0 amide bonds. The maximum absolute atomic E-state index is 11.6. The number of esters is 1. The minimum atomic E-state index is -0.354. The van der Waals surface area contributed by atoms with Crippen molar-refractivity contribution in [2.45, 2.75) is 32.1 Å².